The van der Waals surface area contributed by atoms with Gasteiger partial charge in [0.25, 0.3) is 0 Å². The zero-order valence-corrected chi connectivity index (χ0v) is 20.4. The Labute approximate surface area is 184 Å². The van der Waals surface area contributed by atoms with E-state index in [4.69, 9.17) is 4.74 Å². The summed E-state index contributed by atoms with van der Waals surface area (Å²) in [7, 11) is 1.74. The van der Waals surface area contributed by atoms with E-state index in [2.05, 4.69) is 27.5 Å². The van der Waals surface area contributed by atoms with E-state index in [1.54, 1.807) is 23.3 Å². The van der Waals surface area contributed by atoms with Crippen molar-refractivity contribution in [1.29, 1.82) is 0 Å². The average Bonchev–Trinajstić information content (AvgIpc) is 2.96. The molecule has 0 atom stereocenters. The van der Waals surface area contributed by atoms with E-state index in [1.165, 1.54) is 4.88 Å². The van der Waals surface area contributed by atoms with Crippen molar-refractivity contribution >= 4 is 47.4 Å². The second kappa shape index (κ2) is 13.1. The second-order valence-electron chi connectivity index (χ2n) is 7.01. The zero-order chi connectivity index (χ0) is 19.6. The number of carbonyl (C=O) groups excluding carboxylic acids is 1. The number of hydrogen-bond acceptors (Lipinski definition) is 5. The molecule has 0 saturated carbocycles. The van der Waals surface area contributed by atoms with Crippen LogP contribution in [0.3, 0.4) is 0 Å². The molecule has 1 aromatic heterocycles. The zero-order valence-electron chi connectivity index (χ0n) is 17.3. The first kappa shape index (κ1) is 25.9. The number of thiazole rings is 1. The third-order valence-corrected chi connectivity index (χ3v) is 4.32. The maximum atomic E-state index is 12.2. The summed E-state index contributed by atoms with van der Waals surface area (Å²) in [6, 6.07) is 0. The minimum atomic E-state index is -0.484. The van der Waals surface area contributed by atoms with Crippen LogP contribution in [0.5, 0.6) is 0 Å². The summed E-state index contributed by atoms with van der Waals surface area (Å²) in [5.74, 6) is 0.721. The second-order valence-corrected chi connectivity index (χ2v) is 8.33. The maximum absolute atomic E-state index is 12.2. The van der Waals surface area contributed by atoms with Gasteiger partial charge in [0.15, 0.2) is 5.96 Å². The average molecular weight is 511 g/mol. The van der Waals surface area contributed by atoms with Gasteiger partial charge in [-0.1, -0.05) is 6.92 Å². The number of ether oxygens (including phenoxy) is 1. The number of aryl methyl sites for hydroxylation is 1. The van der Waals surface area contributed by atoms with Crippen LogP contribution in [0.25, 0.3) is 0 Å². The van der Waals surface area contributed by atoms with Crippen LogP contribution in [0.1, 0.15) is 44.0 Å². The summed E-state index contributed by atoms with van der Waals surface area (Å²) in [5, 5.41) is 7.63. The van der Waals surface area contributed by atoms with Crippen molar-refractivity contribution in [3.63, 3.8) is 0 Å². The SMILES string of the molecule is CCCN(CCNC(=NC)NCCc1ncc(C)s1)C(=O)OC(C)(C)C.I. The summed E-state index contributed by atoms with van der Waals surface area (Å²) in [5.41, 5.74) is -0.484. The van der Waals surface area contributed by atoms with Gasteiger partial charge in [-0.2, -0.15) is 0 Å². The molecular formula is C18H34IN5O2S. The molecule has 0 aliphatic carbocycles. The third kappa shape index (κ3) is 11.4. The Hall–Kier alpha value is -1.10. The van der Waals surface area contributed by atoms with Crippen LogP contribution in [0, 0.1) is 6.92 Å². The summed E-state index contributed by atoms with van der Waals surface area (Å²) in [4.78, 5) is 23.8. The molecule has 1 aromatic rings. The molecule has 1 amide bonds. The summed E-state index contributed by atoms with van der Waals surface area (Å²) in [6.45, 7) is 12.3. The van der Waals surface area contributed by atoms with Crippen LogP contribution >= 0.6 is 35.3 Å². The van der Waals surface area contributed by atoms with E-state index < -0.39 is 5.60 Å². The van der Waals surface area contributed by atoms with Gasteiger partial charge in [-0.25, -0.2) is 9.78 Å². The van der Waals surface area contributed by atoms with Gasteiger partial charge in [0, 0.05) is 50.7 Å². The lowest BCUT2D eigenvalue weighted by Gasteiger charge is -2.27. The van der Waals surface area contributed by atoms with Crippen LogP contribution in [-0.2, 0) is 11.2 Å². The number of carbonyl (C=O) groups is 1. The molecule has 0 bridgehead atoms. The van der Waals surface area contributed by atoms with Gasteiger partial charge in [-0.3, -0.25) is 4.99 Å². The monoisotopic (exact) mass is 511 g/mol. The van der Waals surface area contributed by atoms with E-state index in [9.17, 15) is 4.79 Å². The standard InChI is InChI=1S/C18H33N5O2S.HI/c1-7-11-23(17(24)25-18(3,4)5)12-10-21-16(19-6)20-9-8-15-22-13-14(2)26-15;/h13H,7-12H2,1-6H3,(H2,19,20,21);1H. The lowest BCUT2D eigenvalue weighted by atomic mass is 10.2. The lowest BCUT2D eigenvalue weighted by Crippen LogP contribution is -2.45. The smallest absolute Gasteiger partial charge is 0.410 e. The first-order chi connectivity index (χ1) is 12.2. The first-order valence-corrected chi connectivity index (χ1v) is 9.90. The molecule has 2 N–H and O–H groups in total. The molecule has 0 fully saturated rings. The number of halogens is 1. The van der Waals surface area contributed by atoms with E-state index in [0.29, 0.717) is 19.6 Å². The predicted octanol–water partition coefficient (Wildman–Crippen LogP) is 3.42. The molecule has 7 nitrogen and oxygen atoms in total. The fraction of sp³-hybridized carbons (Fsp3) is 0.722. The third-order valence-electron chi connectivity index (χ3n) is 3.34. The van der Waals surface area contributed by atoms with Crippen molar-refractivity contribution < 1.29 is 9.53 Å². The number of amides is 1. The highest BCUT2D eigenvalue weighted by Crippen LogP contribution is 2.11. The fourth-order valence-corrected chi connectivity index (χ4v) is 3.01. The van der Waals surface area contributed by atoms with Gasteiger partial charge < -0.3 is 20.3 Å². The molecule has 0 saturated heterocycles. The topological polar surface area (TPSA) is 78.9 Å². The molecule has 0 aromatic carbocycles. The molecular weight excluding hydrogens is 477 g/mol. The van der Waals surface area contributed by atoms with Crippen molar-refractivity contribution in [2.75, 3.05) is 33.2 Å². The van der Waals surface area contributed by atoms with E-state index >= 15 is 0 Å². The van der Waals surface area contributed by atoms with Gasteiger partial charge in [0.05, 0.1) is 5.01 Å². The van der Waals surface area contributed by atoms with Crippen molar-refractivity contribution in [2.45, 2.75) is 53.1 Å². The summed E-state index contributed by atoms with van der Waals surface area (Å²) < 4.78 is 5.46. The number of aromatic nitrogens is 1. The lowest BCUT2D eigenvalue weighted by molar-refractivity contribution is 0.0253. The largest absolute Gasteiger partial charge is 0.444 e. The molecule has 27 heavy (non-hydrogen) atoms. The van der Waals surface area contributed by atoms with Gasteiger partial charge in [-0.15, -0.1) is 35.3 Å². The minimum Gasteiger partial charge on any atom is -0.444 e. The normalized spacial score (nSPS) is 11.6. The number of nitrogens with one attached hydrogen (secondary N) is 2. The van der Waals surface area contributed by atoms with Crippen molar-refractivity contribution in [1.82, 2.24) is 20.5 Å². The Balaban J connectivity index is 0.00000676. The quantitative estimate of drug-likeness (QED) is 0.318. The Morgan fingerprint density at radius 3 is 2.48 bits per heavy atom. The Morgan fingerprint density at radius 2 is 1.96 bits per heavy atom. The van der Waals surface area contributed by atoms with Gasteiger partial charge >= 0.3 is 6.09 Å². The highest BCUT2D eigenvalue weighted by atomic mass is 127. The van der Waals surface area contributed by atoms with Gasteiger partial charge in [-0.05, 0) is 34.1 Å². The Morgan fingerprint density at radius 1 is 1.30 bits per heavy atom. The fourth-order valence-electron chi connectivity index (χ4n) is 2.23. The number of rotatable bonds is 8. The number of hydrogen-bond donors (Lipinski definition) is 2. The number of nitrogens with zero attached hydrogens (tertiary/aromatic N) is 3. The minimum absolute atomic E-state index is 0. The van der Waals surface area contributed by atoms with Crippen LogP contribution < -0.4 is 10.6 Å². The van der Waals surface area contributed by atoms with Crippen molar-refractivity contribution in [2.24, 2.45) is 4.99 Å². The molecule has 1 rings (SSSR count). The number of guanidine groups is 1. The summed E-state index contributed by atoms with van der Waals surface area (Å²) in [6.07, 6.45) is 3.37. The van der Waals surface area contributed by atoms with Crippen LogP contribution in [0.2, 0.25) is 0 Å². The van der Waals surface area contributed by atoms with E-state index in [1.807, 2.05) is 33.9 Å². The molecule has 9 heteroatoms. The molecule has 0 aliphatic heterocycles. The first-order valence-electron chi connectivity index (χ1n) is 9.09. The molecule has 0 unspecified atom stereocenters. The highest BCUT2D eigenvalue weighted by molar-refractivity contribution is 14.0. The van der Waals surface area contributed by atoms with Gasteiger partial charge in [0.1, 0.15) is 5.60 Å². The Bertz CT molecular complexity index is 587. The van der Waals surface area contributed by atoms with Crippen LogP contribution in [0.4, 0.5) is 4.79 Å². The van der Waals surface area contributed by atoms with E-state index in [-0.39, 0.29) is 30.1 Å². The van der Waals surface area contributed by atoms with E-state index in [0.717, 1.165) is 30.4 Å². The molecule has 0 aliphatic rings. The molecule has 0 spiro atoms. The molecule has 156 valence electrons. The summed E-state index contributed by atoms with van der Waals surface area (Å²) >= 11 is 1.71. The highest BCUT2D eigenvalue weighted by Gasteiger charge is 2.21. The molecule has 0 radical (unpaired) electrons. The predicted molar refractivity (Wildman–Crippen MR) is 123 cm³/mol. The van der Waals surface area contributed by atoms with Crippen LogP contribution in [-0.4, -0.2) is 60.8 Å². The van der Waals surface area contributed by atoms with Crippen LogP contribution in [0.15, 0.2) is 11.2 Å². The Kier molecular flexibility index (Phi) is 12.6. The maximum Gasteiger partial charge on any atom is 0.410 e. The molecule has 1 heterocycles. The van der Waals surface area contributed by atoms with Gasteiger partial charge in [0.2, 0.25) is 0 Å². The number of aliphatic imine (C=N–C) groups is 1. The van der Waals surface area contributed by atoms with Crippen molar-refractivity contribution in [3.05, 3.63) is 16.1 Å². The van der Waals surface area contributed by atoms with Crippen molar-refractivity contribution in [3.8, 4) is 0 Å².